The average molecular weight is 421 g/mol. The van der Waals surface area contributed by atoms with Crippen molar-refractivity contribution >= 4 is 23.3 Å². The van der Waals surface area contributed by atoms with Gasteiger partial charge in [0.05, 0.1) is 31.9 Å². The van der Waals surface area contributed by atoms with Crippen LogP contribution in [-0.4, -0.2) is 31.4 Å². The van der Waals surface area contributed by atoms with E-state index in [2.05, 4.69) is 17.6 Å². The van der Waals surface area contributed by atoms with Crippen LogP contribution in [0.2, 0.25) is 0 Å². The van der Waals surface area contributed by atoms with Crippen LogP contribution < -0.4 is 20.1 Å². The van der Waals surface area contributed by atoms with Gasteiger partial charge in [0.25, 0.3) is 0 Å². The van der Waals surface area contributed by atoms with Crippen molar-refractivity contribution in [1.29, 1.82) is 0 Å². The number of unbranched alkanes of at least 4 members (excludes halogenated alkanes) is 2. The summed E-state index contributed by atoms with van der Waals surface area (Å²) >= 11 is 5.31. The summed E-state index contributed by atoms with van der Waals surface area (Å²) in [5.74, 6) is 1.21. The Bertz CT molecular complexity index is 761. The van der Waals surface area contributed by atoms with Gasteiger partial charge in [-0.2, -0.15) is 0 Å². The molecule has 1 atom stereocenters. The van der Waals surface area contributed by atoms with E-state index >= 15 is 0 Å². The van der Waals surface area contributed by atoms with Crippen LogP contribution in [0.4, 0.5) is 0 Å². The second-order valence-corrected chi connectivity index (χ2v) is 7.94. The molecule has 0 bridgehead atoms. The lowest BCUT2D eigenvalue weighted by Gasteiger charge is -2.30. The second-order valence-electron chi connectivity index (χ2n) is 7.53. The van der Waals surface area contributed by atoms with E-state index in [9.17, 15) is 4.79 Å². The molecule has 1 unspecified atom stereocenters. The summed E-state index contributed by atoms with van der Waals surface area (Å²) in [6.45, 7) is 9.00. The predicted molar refractivity (Wildman–Crippen MR) is 118 cm³/mol. The monoisotopic (exact) mass is 420 g/mol. The first-order chi connectivity index (χ1) is 13.9. The number of nitrogens with one attached hydrogen (secondary N) is 2. The van der Waals surface area contributed by atoms with E-state index < -0.39 is 6.04 Å². The van der Waals surface area contributed by atoms with Crippen LogP contribution in [0.25, 0.3) is 0 Å². The first kappa shape index (κ1) is 23.0. The first-order valence-corrected chi connectivity index (χ1v) is 10.5. The Balaban J connectivity index is 2.27. The number of hydrogen-bond donors (Lipinski definition) is 2. The highest BCUT2D eigenvalue weighted by Crippen LogP contribution is 2.34. The van der Waals surface area contributed by atoms with Gasteiger partial charge in [-0.15, -0.1) is 0 Å². The van der Waals surface area contributed by atoms with E-state index in [0.29, 0.717) is 41.1 Å². The summed E-state index contributed by atoms with van der Waals surface area (Å²) in [6.07, 6.45) is 3.27. The van der Waals surface area contributed by atoms with Crippen LogP contribution >= 0.6 is 12.2 Å². The molecule has 0 spiro atoms. The lowest BCUT2D eigenvalue weighted by molar-refractivity contribution is -0.140. The Labute approximate surface area is 179 Å². The van der Waals surface area contributed by atoms with E-state index in [0.717, 1.165) is 24.8 Å². The van der Waals surface area contributed by atoms with Crippen LogP contribution in [0.3, 0.4) is 0 Å². The number of esters is 1. The van der Waals surface area contributed by atoms with Crippen molar-refractivity contribution in [2.45, 2.75) is 53.0 Å². The molecule has 2 rings (SSSR count). The maximum atomic E-state index is 12.8. The molecule has 29 heavy (non-hydrogen) atoms. The second kappa shape index (κ2) is 11.0. The number of rotatable bonds is 10. The average Bonchev–Trinajstić information content (AvgIpc) is 2.68. The van der Waals surface area contributed by atoms with E-state index in [-0.39, 0.29) is 11.9 Å². The molecule has 1 heterocycles. The fraction of sp³-hybridized carbons (Fsp3) is 0.545. The maximum Gasteiger partial charge on any atom is 0.338 e. The molecule has 0 radical (unpaired) electrons. The molecule has 0 saturated heterocycles. The summed E-state index contributed by atoms with van der Waals surface area (Å²) in [6, 6.07) is 5.25. The van der Waals surface area contributed by atoms with Gasteiger partial charge in [0, 0.05) is 5.70 Å². The van der Waals surface area contributed by atoms with Crippen LogP contribution in [-0.2, 0) is 9.53 Å². The lowest BCUT2D eigenvalue weighted by atomic mass is 9.95. The molecule has 0 fully saturated rings. The molecule has 7 heteroatoms. The molecular weight excluding hydrogens is 388 g/mol. The van der Waals surface area contributed by atoms with Crippen molar-refractivity contribution in [3.8, 4) is 11.5 Å². The molecule has 6 nitrogen and oxygen atoms in total. The number of thiocarbonyl (C=S) groups is 1. The van der Waals surface area contributed by atoms with Gasteiger partial charge >= 0.3 is 5.97 Å². The Kier molecular flexibility index (Phi) is 8.76. The topological polar surface area (TPSA) is 68.8 Å². The smallest absolute Gasteiger partial charge is 0.338 e. The van der Waals surface area contributed by atoms with Crippen LogP contribution in [0.15, 0.2) is 29.5 Å². The zero-order valence-corrected chi connectivity index (χ0v) is 18.8. The largest absolute Gasteiger partial charge is 0.493 e. The molecule has 1 aliphatic heterocycles. The molecule has 0 saturated carbocycles. The number of allylic oxidation sites excluding steroid dienone is 1. The molecular formula is C22H32N2O4S. The standard InChI is InChI=1S/C22H32N2O4S/c1-6-7-8-11-27-17-10-9-16(12-18(17)26-5)20-19(15(4)23-22(29)24-20)21(25)28-13-14(2)3/h9-10,12,14,20H,6-8,11,13H2,1-5H3,(H2,23,24,29). The van der Waals surface area contributed by atoms with Gasteiger partial charge in [-0.25, -0.2) is 4.79 Å². The van der Waals surface area contributed by atoms with Gasteiger partial charge in [0.2, 0.25) is 0 Å². The number of methoxy groups -OCH3 is 1. The van der Waals surface area contributed by atoms with Crippen molar-refractivity contribution < 1.29 is 19.0 Å². The minimum Gasteiger partial charge on any atom is -0.493 e. The summed E-state index contributed by atoms with van der Waals surface area (Å²) in [5, 5.41) is 6.66. The minimum atomic E-state index is -0.425. The van der Waals surface area contributed by atoms with Crippen LogP contribution in [0, 0.1) is 5.92 Å². The molecule has 2 N–H and O–H groups in total. The molecule has 0 amide bonds. The third-order valence-corrected chi connectivity index (χ3v) is 4.78. The summed E-state index contributed by atoms with van der Waals surface area (Å²) in [7, 11) is 1.61. The van der Waals surface area contributed by atoms with Crippen molar-refractivity contribution in [2.24, 2.45) is 5.92 Å². The quantitative estimate of drug-likeness (QED) is 0.333. The van der Waals surface area contributed by atoms with Crippen molar-refractivity contribution in [2.75, 3.05) is 20.3 Å². The normalized spacial score (nSPS) is 16.3. The fourth-order valence-electron chi connectivity index (χ4n) is 3.05. The third kappa shape index (κ3) is 6.35. The predicted octanol–water partition coefficient (Wildman–Crippen LogP) is 4.26. The number of carbonyl (C=O) groups is 1. The van der Waals surface area contributed by atoms with Crippen LogP contribution in [0.5, 0.6) is 11.5 Å². The highest BCUT2D eigenvalue weighted by atomic mass is 32.1. The highest BCUT2D eigenvalue weighted by molar-refractivity contribution is 7.80. The SMILES string of the molecule is CCCCCOc1ccc(C2NC(=S)NC(C)=C2C(=O)OCC(C)C)cc1OC. The van der Waals surface area contributed by atoms with Gasteiger partial charge in [-0.05, 0) is 49.2 Å². The van der Waals surface area contributed by atoms with Crippen molar-refractivity contribution in [1.82, 2.24) is 10.6 Å². The van der Waals surface area contributed by atoms with Crippen LogP contribution in [0.1, 0.15) is 58.6 Å². The Morgan fingerprint density at radius 1 is 1.24 bits per heavy atom. The molecule has 0 aromatic heterocycles. The maximum absolute atomic E-state index is 12.8. The number of hydrogen-bond acceptors (Lipinski definition) is 5. The molecule has 0 aliphatic carbocycles. The van der Waals surface area contributed by atoms with Crippen molar-refractivity contribution in [3.05, 3.63) is 35.0 Å². The summed E-state index contributed by atoms with van der Waals surface area (Å²) < 4.78 is 16.9. The van der Waals surface area contributed by atoms with E-state index in [1.165, 1.54) is 0 Å². The number of ether oxygens (including phenoxy) is 3. The minimum absolute atomic E-state index is 0.258. The zero-order valence-electron chi connectivity index (χ0n) is 18.0. The molecule has 1 aromatic rings. The molecule has 160 valence electrons. The van der Waals surface area contributed by atoms with Gasteiger partial charge in [0.1, 0.15) is 0 Å². The van der Waals surface area contributed by atoms with Gasteiger partial charge < -0.3 is 24.8 Å². The number of carbonyl (C=O) groups excluding carboxylic acids is 1. The fourth-order valence-corrected chi connectivity index (χ4v) is 3.32. The van der Waals surface area contributed by atoms with Crippen molar-refractivity contribution in [3.63, 3.8) is 0 Å². The number of benzene rings is 1. The Hall–Kier alpha value is -2.28. The van der Waals surface area contributed by atoms with E-state index in [4.69, 9.17) is 26.4 Å². The van der Waals surface area contributed by atoms with Gasteiger partial charge in [-0.3, -0.25) is 0 Å². The Morgan fingerprint density at radius 2 is 2.00 bits per heavy atom. The van der Waals surface area contributed by atoms with E-state index in [1.807, 2.05) is 39.0 Å². The summed E-state index contributed by atoms with van der Waals surface area (Å²) in [5.41, 5.74) is 2.05. The zero-order chi connectivity index (χ0) is 21.4. The Morgan fingerprint density at radius 3 is 2.66 bits per heavy atom. The highest BCUT2D eigenvalue weighted by Gasteiger charge is 2.31. The molecule has 1 aliphatic rings. The van der Waals surface area contributed by atoms with Gasteiger partial charge in [-0.1, -0.05) is 39.7 Å². The third-order valence-electron chi connectivity index (χ3n) is 4.56. The lowest BCUT2D eigenvalue weighted by Crippen LogP contribution is -2.45. The molecule has 1 aromatic carbocycles. The summed E-state index contributed by atoms with van der Waals surface area (Å²) in [4.78, 5) is 12.8. The first-order valence-electron chi connectivity index (χ1n) is 10.1. The van der Waals surface area contributed by atoms with Gasteiger partial charge in [0.15, 0.2) is 16.6 Å². The van der Waals surface area contributed by atoms with E-state index in [1.54, 1.807) is 7.11 Å².